The van der Waals surface area contributed by atoms with E-state index in [2.05, 4.69) is 16.5 Å². The summed E-state index contributed by atoms with van der Waals surface area (Å²) in [5.74, 6) is -0.187. The number of para-hydroxylation sites is 1. The summed E-state index contributed by atoms with van der Waals surface area (Å²) in [4.78, 5) is 19.8. The third-order valence-electron chi connectivity index (χ3n) is 6.91. The molecular weight excluding hydrogens is 427 g/mol. The van der Waals surface area contributed by atoms with Gasteiger partial charge in [-0.2, -0.15) is 0 Å². The summed E-state index contributed by atoms with van der Waals surface area (Å²) < 4.78 is 16.4. The first-order chi connectivity index (χ1) is 15.5. The number of hydrogen-bond donors (Lipinski definition) is 0. The van der Waals surface area contributed by atoms with Crippen LogP contribution in [-0.4, -0.2) is 66.1 Å². The van der Waals surface area contributed by atoms with Gasteiger partial charge in [0.15, 0.2) is 0 Å². The summed E-state index contributed by atoms with van der Waals surface area (Å²) in [5.41, 5.74) is 2.33. The van der Waals surface area contributed by atoms with Gasteiger partial charge in [0.1, 0.15) is 5.82 Å². The van der Waals surface area contributed by atoms with Gasteiger partial charge in [0.05, 0.1) is 16.8 Å². The van der Waals surface area contributed by atoms with Crippen LogP contribution in [0.5, 0.6) is 0 Å². The molecule has 32 heavy (non-hydrogen) atoms. The van der Waals surface area contributed by atoms with E-state index in [1.165, 1.54) is 12.5 Å². The molecule has 0 saturated carbocycles. The Morgan fingerprint density at radius 2 is 1.88 bits per heavy atom. The summed E-state index contributed by atoms with van der Waals surface area (Å²) in [7, 11) is 2.16. The zero-order chi connectivity index (χ0) is 22.2. The molecule has 2 fully saturated rings. The normalized spacial score (nSPS) is 19.8. The lowest BCUT2D eigenvalue weighted by atomic mass is 10.1. The fourth-order valence-electron chi connectivity index (χ4n) is 5.05. The first kappa shape index (κ1) is 21.3. The van der Waals surface area contributed by atoms with Crippen LogP contribution < -0.4 is 4.90 Å². The van der Waals surface area contributed by atoms with Crippen molar-refractivity contribution in [3.05, 3.63) is 65.1 Å². The Balaban J connectivity index is 1.37. The van der Waals surface area contributed by atoms with Crippen molar-refractivity contribution in [2.24, 2.45) is 0 Å². The zero-order valence-corrected chi connectivity index (χ0v) is 19.1. The van der Waals surface area contributed by atoms with Gasteiger partial charge in [-0.15, -0.1) is 0 Å². The molecule has 5 nitrogen and oxygen atoms in total. The molecule has 2 aliphatic rings. The van der Waals surface area contributed by atoms with E-state index in [0.29, 0.717) is 42.9 Å². The molecule has 7 heteroatoms. The molecular formula is C25H28ClFN4O. The van der Waals surface area contributed by atoms with E-state index >= 15 is 0 Å². The zero-order valence-electron chi connectivity index (χ0n) is 18.3. The van der Waals surface area contributed by atoms with E-state index in [1.807, 2.05) is 40.3 Å². The SMILES string of the molecule is CN1CCC[C@H]1Cn1cc(C(=O)N2CCN(c3ccccc3F)CC2)c2ccc(Cl)cc21. The molecule has 0 unspecified atom stereocenters. The maximum atomic E-state index is 14.2. The lowest BCUT2D eigenvalue weighted by Crippen LogP contribution is -2.49. The second-order valence-corrected chi connectivity index (χ2v) is 9.30. The van der Waals surface area contributed by atoms with Crippen LogP contribution in [0.15, 0.2) is 48.7 Å². The Morgan fingerprint density at radius 1 is 1.09 bits per heavy atom. The van der Waals surface area contributed by atoms with Crippen molar-refractivity contribution in [3.63, 3.8) is 0 Å². The van der Waals surface area contributed by atoms with Crippen molar-refractivity contribution < 1.29 is 9.18 Å². The Kier molecular flexibility index (Phi) is 5.82. The van der Waals surface area contributed by atoms with Crippen LogP contribution in [-0.2, 0) is 6.54 Å². The standard InChI is InChI=1S/C25H28ClFN4O/c1-28-10-4-5-19(28)16-31-17-21(20-9-8-18(26)15-24(20)31)25(32)30-13-11-29(12-14-30)23-7-3-2-6-22(23)27/h2-3,6-9,15,17,19H,4-5,10-14,16H2,1H3/t19-/m0/s1. The number of amides is 1. The molecule has 1 amide bonds. The largest absolute Gasteiger partial charge is 0.366 e. The molecule has 0 radical (unpaired) electrons. The number of hydrogen-bond acceptors (Lipinski definition) is 3. The van der Waals surface area contributed by atoms with Gasteiger partial charge in [-0.05, 0) is 50.7 Å². The highest BCUT2D eigenvalue weighted by Gasteiger charge is 2.27. The number of rotatable bonds is 4. The minimum atomic E-state index is -0.218. The minimum absolute atomic E-state index is 0.0315. The van der Waals surface area contributed by atoms with Gasteiger partial charge < -0.3 is 19.3 Å². The monoisotopic (exact) mass is 454 g/mol. The van der Waals surface area contributed by atoms with Crippen molar-refractivity contribution in [3.8, 4) is 0 Å². The maximum Gasteiger partial charge on any atom is 0.256 e. The van der Waals surface area contributed by atoms with Crippen LogP contribution in [0.1, 0.15) is 23.2 Å². The van der Waals surface area contributed by atoms with Gasteiger partial charge in [-0.1, -0.05) is 29.8 Å². The number of anilines is 1. The van der Waals surface area contributed by atoms with E-state index in [-0.39, 0.29) is 11.7 Å². The molecule has 1 atom stereocenters. The molecule has 0 spiro atoms. The predicted octanol–water partition coefficient (Wildman–Crippen LogP) is 4.49. The molecule has 2 aromatic carbocycles. The van der Waals surface area contributed by atoms with Crippen LogP contribution in [0.2, 0.25) is 5.02 Å². The Bertz CT molecular complexity index is 1140. The summed E-state index contributed by atoms with van der Waals surface area (Å²) in [6.07, 6.45) is 4.37. The van der Waals surface area contributed by atoms with E-state index < -0.39 is 0 Å². The second kappa shape index (κ2) is 8.75. The molecule has 3 aromatic rings. The third kappa shape index (κ3) is 3.97. The van der Waals surface area contributed by atoms with Crippen LogP contribution in [0.3, 0.4) is 0 Å². The van der Waals surface area contributed by atoms with E-state index in [1.54, 1.807) is 12.1 Å². The summed E-state index contributed by atoms with van der Waals surface area (Å²) in [6, 6.07) is 13.1. The summed E-state index contributed by atoms with van der Waals surface area (Å²) in [5, 5.41) is 1.62. The number of piperazine rings is 1. The molecule has 2 saturated heterocycles. The quantitative estimate of drug-likeness (QED) is 0.582. The van der Waals surface area contributed by atoms with Gasteiger partial charge in [-0.25, -0.2) is 4.39 Å². The number of carbonyl (C=O) groups excluding carboxylic acids is 1. The van der Waals surface area contributed by atoms with E-state index in [4.69, 9.17) is 11.6 Å². The molecule has 0 N–H and O–H groups in total. The van der Waals surface area contributed by atoms with Crippen molar-refractivity contribution in [2.75, 3.05) is 44.7 Å². The lowest BCUT2D eigenvalue weighted by molar-refractivity contribution is 0.0748. The number of nitrogens with zero attached hydrogens (tertiary/aromatic N) is 4. The predicted molar refractivity (Wildman–Crippen MR) is 127 cm³/mol. The van der Waals surface area contributed by atoms with Crippen molar-refractivity contribution in [1.82, 2.24) is 14.4 Å². The van der Waals surface area contributed by atoms with Crippen LogP contribution in [0.4, 0.5) is 10.1 Å². The fraction of sp³-hybridized carbons (Fsp3) is 0.400. The van der Waals surface area contributed by atoms with Gasteiger partial charge in [-0.3, -0.25) is 4.79 Å². The number of fused-ring (bicyclic) bond motifs is 1. The average Bonchev–Trinajstić information content (AvgIpc) is 3.37. The first-order valence-corrected chi connectivity index (χ1v) is 11.7. The number of benzene rings is 2. The first-order valence-electron chi connectivity index (χ1n) is 11.3. The highest BCUT2D eigenvalue weighted by Crippen LogP contribution is 2.29. The number of aromatic nitrogens is 1. The van der Waals surface area contributed by atoms with Crippen LogP contribution in [0.25, 0.3) is 10.9 Å². The topological polar surface area (TPSA) is 31.7 Å². The molecule has 0 bridgehead atoms. The number of halogens is 2. The highest BCUT2D eigenvalue weighted by molar-refractivity contribution is 6.31. The second-order valence-electron chi connectivity index (χ2n) is 8.86. The molecule has 2 aliphatic heterocycles. The fourth-order valence-corrected chi connectivity index (χ4v) is 5.22. The van der Waals surface area contributed by atoms with Gasteiger partial charge in [0.25, 0.3) is 5.91 Å². The maximum absolute atomic E-state index is 14.2. The third-order valence-corrected chi connectivity index (χ3v) is 7.15. The minimum Gasteiger partial charge on any atom is -0.366 e. The summed E-state index contributed by atoms with van der Waals surface area (Å²) in [6.45, 7) is 4.33. The number of likely N-dealkylation sites (N-methyl/N-ethyl adjacent to an activating group) is 1. The number of carbonyl (C=O) groups is 1. The van der Waals surface area contributed by atoms with Crippen molar-refractivity contribution in [2.45, 2.75) is 25.4 Å². The van der Waals surface area contributed by atoms with E-state index in [9.17, 15) is 9.18 Å². The van der Waals surface area contributed by atoms with Gasteiger partial charge in [0.2, 0.25) is 0 Å². The molecule has 5 rings (SSSR count). The molecule has 0 aliphatic carbocycles. The summed E-state index contributed by atoms with van der Waals surface area (Å²) >= 11 is 6.31. The van der Waals surface area contributed by atoms with Crippen molar-refractivity contribution >= 4 is 34.1 Å². The van der Waals surface area contributed by atoms with Gasteiger partial charge in [0, 0.05) is 55.4 Å². The van der Waals surface area contributed by atoms with E-state index in [0.717, 1.165) is 36.0 Å². The Morgan fingerprint density at radius 3 is 2.59 bits per heavy atom. The van der Waals surface area contributed by atoms with Crippen LogP contribution >= 0.6 is 11.6 Å². The lowest BCUT2D eigenvalue weighted by Gasteiger charge is -2.36. The highest BCUT2D eigenvalue weighted by atomic mass is 35.5. The molecule has 168 valence electrons. The molecule has 3 heterocycles. The van der Waals surface area contributed by atoms with Crippen molar-refractivity contribution in [1.29, 1.82) is 0 Å². The Hall–Kier alpha value is -2.57. The smallest absolute Gasteiger partial charge is 0.256 e. The average molecular weight is 455 g/mol. The van der Waals surface area contributed by atoms with Gasteiger partial charge >= 0.3 is 0 Å². The molecule has 1 aromatic heterocycles. The Labute approximate surface area is 193 Å². The number of likely N-dealkylation sites (tertiary alicyclic amines) is 1. The van der Waals surface area contributed by atoms with Crippen LogP contribution in [0, 0.1) is 5.82 Å².